The molecule has 104 valence electrons. The SMILES string of the molecule is CCCNC(=O)COc1ccc2c(c1)CCCC2N. The first-order chi connectivity index (χ1) is 9.20. The van der Waals surface area contributed by atoms with E-state index in [1.807, 2.05) is 25.1 Å². The number of rotatable bonds is 5. The zero-order valence-electron chi connectivity index (χ0n) is 11.4. The van der Waals surface area contributed by atoms with Crippen molar-refractivity contribution in [3.8, 4) is 5.75 Å². The second kappa shape index (κ2) is 6.57. The number of fused-ring (bicyclic) bond motifs is 1. The van der Waals surface area contributed by atoms with Gasteiger partial charge in [0.2, 0.25) is 0 Å². The molecule has 0 fully saturated rings. The van der Waals surface area contributed by atoms with Gasteiger partial charge in [0.15, 0.2) is 6.61 Å². The first-order valence-corrected chi connectivity index (χ1v) is 6.98. The Morgan fingerprint density at radius 3 is 3.16 bits per heavy atom. The molecule has 0 saturated heterocycles. The maximum absolute atomic E-state index is 11.5. The maximum atomic E-state index is 11.5. The average molecular weight is 262 g/mol. The summed E-state index contributed by atoms with van der Waals surface area (Å²) in [5, 5.41) is 2.79. The fourth-order valence-electron chi connectivity index (χ4n) is 2.38. The lowest BCUT2D eigenvalue weighted by atomic mass is 9.88. The topological polar surface area (TPSA) is 64.3 Å². The van der Waals surface area contributed by atoms with Crippen LogP contribution in [0.2, 0.25) is 0 Å². The molecule has 3 N–H and O–H groups in total. The van der Waals surface area contributed by atoms with Crippen molar-refractivity contribution in [1.29, 1.82) is 0 Å². The van der Waals surface area contributed by atoms with Gasteiger partial charge in [-0.2, -0.15) is 0 Å². The van der Waals surface area contributed by atoms with Gasteiger partial charge in [-0.1, -0.05) is 13.0 Å². The average Bonchev–Trinajstić information content (AvgIpc) is 2.43. The first kappa shape index (κ1) is 13.9. The van der Waals surface area contributed by atoms with Gasteiger partial charge in [-0.15, -0.1) is 0 Å². The highest BCUT2D eigenvalue weighted by atomic mass is 16.5. The third kappa shape index (κ3) is 3.70. The minimum Gasteiger partial charge on any atom is -0.484 e. The summed E-state index contributed by atoms with van der Waals surface area (Å²) < 4.78 is 5.51. The van der Waals surface area contributed by atoms with Gasteiger partial charge >= 0.3 is 0 Å². The Labute approximate surface area is 114 Å². The van der Waals surface area contributed by atoms with Crippen LogP contribution in [-0.4, -0.2) is 19.1 Å². The Hall–Kier alpha value is -1.55. The Bertz CT molecular complexity index is 446. The number of carbonyl (C=O) groups is 1. The van der Waals surface area contributed by atoms with Crippen LogP contribution in [0.1, 0.15) is 43.4 Å². The van der Waals surface area contributed by atoms with Crippen LogP contribution >= 0.6 is 0 Å². The summed E-state index contributed by atoms with van der Waals surface area (Å²) in [4.78, 5) is 11.5. The van der Waals surface area contributed by atoms with Gasteiger partial charge in [-0.05, 0) is 48.9 Å². The van der Waals surface area contributed by atoms with Gasteiger partial charge in [0.05, 0.1) is 0 Å². The molecule has 19 heavy (non-hydrogen) atoms. The molecule has 1 aliphatic rings. The van der Waals surface area contributed by atoms with E-state index in [4.69, 9.17) is 10.5 Å². The summed E-state index contributed by atoms with van der Waals surface area (Å²) in [6.45, 7) is 2.79. The monoisotopic (exact) mass is 262 g/mol. The Kier molecular flexibility index (Phi) is 4.80. The predicted molar refractivity (Wildman–Crippen MR) is 75.1 cm³/mol. The second-order valence-corrected chi connectivity index (χ2v) is 5.00. The third-order valence-electron chi connectivity index (χ3n) is 3.42. The lowest BCUT2D eigenvalue weighted by molar-refractivity contribution is -0.123. The van der Waals surface area contributed by atoms with Crippen molar-refractivity contribution in [1.82, 2.24) is 5.32 Å². The molecule has 1 amide bonds. The second-order valence-electron chi connectivity index (χ2n) is 5.00. The normalized spacial score (nSPS) is 17.7. The highest BCUT2D eigenvalue weighted by molar-refractivity contribution is 5.77. The predicted octanol–water partition coefficient (Wildman–Crippen LogP) is 1.93. The molecular formula is C15H22N2O2. The minimum atomic E-state index is -0.0729. The van der Waals surface area contributed by atoms with E-state index in [2.05, 4.69) is 5.32 Å². The third-order valence-corrected chi connectivity index (χ3v) is 3.42. The molecular weight excluding hydrogens is 240 g/mol. The Balaban J connectivity index is 1.93. The van der Waals surface area contributed by atoms with E-state index in [0.29, 0.717) is 6.54 Å². The van der Waals surface area contributed by atoms with Crippen molar-refractivity contribution < 1.29 is 9.53 Å². The molecule has 0 aliphatic heterocycles. The van der Waals surface area contributed by atoms with E-state index in [9.17, 15) is 4.79 Å². The molecule has 0 radical (unpaired) electrons. The number of aryl methyl sites for hydroxylation is 1. The van der Waals surface area contributed by atoms with Crippen LogP contribution in [0.5, 0.6) is 5.75 Å². The van der Waals surface area contributed by atoms with Crippen molar-refractivity contribution in [2.24, 2.45) is 5.73 Å². The number of hydrogen-bond acceptors (Lipinski definition) is 3. The molecule has 0 heterocycles. The molecule has 0 aromatic heterocycles. The molecule has 0 bridgehead atoms. The van der Waals surface area contributed by atoms with Crippen molar-refractivity contribution in [3.05, 3.63) is 29.3 Å². The van der Waals surface area contributed by atoms with Crippen molar-refractivity contribution >= 4 is 5.91 Å². The van der Waals surface area contributed by atoms with Crippen LogP contribution in [-0.2, 0) is 11.2 Å². The van der Waals surface area contributed by atoms with Crippen LogP contribution in [0.25, 0.3) is 0 Å². The minimum absolute atomic E-state index is 0.0729. The zero-order chi connectivity index (χ0) is 13.7. The maximum Gasteiger partial charge on any atom is 0.257 e. The highest BCUT2D eigenvalue weighted by Crippen LogP contribution is 2.30. The van der Waals surface area contributed by atoms with Crippen LogP contribution in [0, 0.1) is 0 Å². The molecule has 1 atom stereocenters. The Morgan fingerprint density at radius 1 is 1.53 bits per heavy atom. The number of carbonyl (C=O) groups excluding carboxylic acids is 1. The van der Waals surface area contributed by atoms with E-state index >= 15 is 0 Å². The lowest BCUT2D eigenvalue weighted by Gasteiger charge is -2.22. The van der Waals surface area contributed by atoms with Crippen molar-refractivity contribution in [2.75, 3.05) is 13.2 Å². The number of nitrogens with one attached hydrogen (secondary N) is 1. The molecule has 1 aromatic rings. The summed E-state index contributed by atoms with van der Waals surface area (Å²) >= 11 is 0. The van der Waals surface area contributed by atoms with Crippen LogP contribution in [0.4, 0.5) is 0 Å². The summed E-state index contributed by atoms with van der Waals surface area (Å²) in [6, 6.07) is 6.09. The fourth-order valence-corrected chi connectivity index (χ4v) is 2.38. The summed E-state index contributed by atoms with van der Waals surface area (Å²) in [5.41, 5.74) is 8.54. The molecule has 0 saturated carbocycles. The van der Waals surface area contributed by atoms with E-state index in [0.717, 1.165) is 31.4 Å². The van der Waals surface area contributed by atoms with Crippen LogP contribution in [0.15, 0.2) is 18.2 Å². The van der Waals surface area contributed by atoms with Gasteiger partial charge in [0.25, 0.3) is 5.91 Å². The van der Waals surface area contributed by atoms with Crippen LogP contribution in [0.3, 0.4) is 0 Å². The zero-order valence-corrected chi connectivity index (χ0v) is 11.4. The number of nitrogens with two attached hydrogens (primary N) is 1. The van der Waals surface area contributed by atoms with Gasteiger partial charge in [0, 0.05) is 12.6 Å². The standard InChI is InChI=1S/C15H22N2O2/c1-2-8-17-15(18)10-19-12-6-7-13-11(9-12)4-3-5-14(13)16/h6-7,9,14H,2-5,8,10,16H2,1H3,(H,17,18). The van der Waals surface area contributed by atoms with Gasteiger partial charge in [-0.25, -0.2) is 0 Å². The molecule has 0 spiro atoms. The number of hydrogen-bond donors (Lipinski definition) is 2. The quantitative estimate of drug-likeness (QED) is 0.852. The Morgan fingerprint density at radius 2 is 2.37 bits per heavy atom. The number of ether oxygens (including phenoxy) is 1. The first-order valence-electron chi connectivity index (χ1n) is 6.98. The van der Waals surface area contributed by atoms with E-state index < -0.39 is 0 Å². The smallest absolute Gasteiger partial charge is 0.257 e. The van der Waals surface area contributed by atoms with Gasteiger partial charge in [0.1, 0.15) is 5.75 Å². The summed E-state index contributed by atoms with van der Waals surface area (Å²) in [5.74, 6) is 0.677. The molecule has 1 aliphatic carbocycles. The van der Waals surface area contributed by atoms with Crippen molar-refractivity contribution in [3.63, 3.8) is 0 Å². The van der Waals surface area contributed by atoms with Crippen LogP contribution < -0.4 is 15.8 Å². The highest BCUT2D eigenvalue weighted by Gasteiger charge is 2.17. The molecule has 4 nitrogen and oxygen atoms in total. The number of benzene rings is 1. The van der Waals surface area contributed by atoms with E-state index in [1.54, 1.807) is 0 Å². The summed E-state index contributed by atoms with van der Waals surface area (Å²) in [6.07, 6.45) is 4.14. The fraction of sp³-hybridized carbons (Fsp3) is 0.533. The molecule has 4 heteroatoms. The summed E-state index contributed by atoms with van der Waals surface area (Å²) in [7, 11) is 0. The van der Waals surface area contributed by atoms with Gasteiger partial charge in [-0.3, -0.25) is 4.79 Å². The largest absolute Gasteiger partial charge is 0.484 e. The molecule has 1 unspecified atom stereocenters. The molecule has 2 rings (SSSR count). The van der Waals surface area contributed by atoms with Gasteiger partial charge < -0.3 is 15.8 Å². The lowest BCUT2D eigenvalue weighted by Crippen LogP contribution is -2.29. The van der Waals surface area contributed by atoms with E-state index in [-0.39, 0.29) is 18.6 Å². The van der Waals surface area contributed by atoms with E-state index in [1.165, 1.54) is 11.1 Å². The number of amides is 1. The van der Waals surface area contributed by atoms with Crippen molar-refractivity contribution in [2.45, 2.75) is 38.6 Å². The molecule has 1 aromatic carbocycles.